The van der Waals surface area contributed by atoms with Crippen molar-refractivity contribution < 1.29 is 18.4 Å². The Labute approximate surface area is 195 Å². The van der Waals surface area contributed by atoms with Gasteiger partial charge in [-0.25, -0.2) is 8.78 Å². The first-order valence-corrected chi connectivity index (χ1v) is 10.5. The third kappa shape index (κ3) is 5.81. The predicted octanol–water partition coefficient (Wildman–Crippen LogP) is 6.42. The van der Waals surface area contributed by atoms with Gasteiger partial charge in [-0.3, -0.25) is 9.59 Å². The molecule has 34 heavy (non-hydrogen) atoms. The van der Waals surface area contributed by atoms with Crippen molar-refractivity contribution >= 4 is 46.1 Å². The molecule has 0 atom stereocenters. The van der Waals surface area contributed by atoms with E-state index in [1.54, 1.807) is 60.7 Å². The van der Waals surface area contributed by atoms with Crippen LogP contribution < -0.4 is 10.6 Å². The zero-order valence-electron chi connectivity index (χ0n) is 18.0. The highest BCUT2D eigenvalue weighted by Gasteiger charge is 2.08. The minimum atomic E-state index is -0.341. The summed E-state index contributed by atoms with van der Waals surface area (Å²) in [4.78, 5) is 24.9. The average molecular weight is 454 g/mol. The first-order chi connectivity index (χ1) is 16.5. The van der Waals surface area contributed by atoms with Crippen molar-refractivity contribution in [1.29, 1.82) is 0 Å². The van der Waals surface area contributed by atoms with Crippen LogP contribution in [0.25, 0.3) is 22.9 Å². The second-order valence-corrected chi connectivity index (χ2v) is 7.45. The van der Waals surface area contributed by atoms with E-state index in [0.29, 0.717) is 22.5 Å². The van der Waals surface area contributed by atoms with Gasteiger partial charge in [-0.2, -0.15) is 0 Å². The van der Waals surface area contributed by atoms with E-state index in [4.69, 9.17) is 0 Å². The highest BCUT2D eigenvalue weighted by molar-refractivity contribution is 6.12. The standard InChI is InChI=1S/C28H20F2N2O2/c29-21-13-7-19(8-14-21)11-17-27(33)31-25-5-1-3-23-24(25)4-2-6-26(23)32-28(34)18-12-20-9-15-22(30)16-10-20/h1-18H,(H,31,33)(H,32,34)/b17-11+,18-12+. The van der Waals surface area contributed by atoms with Crippen molar-refractivity contribution in [2.24, 2.45) is 0 Å². The summed E-state index contributed by atoms with van der Waals surface area (Å²) < 4.78 is 26.0. The van der Waals surface area contributed by atoms with Gasteiger partial charge >= 0.3 is 0 Å². The van der Waals surface area contributed by atoms with Crippen molar-refractivity contribution in [3.8, 4) is 0 Å². The van der Waals surface area contributed by atoms with Gasteiger partial charge in [0.2, 0.25) is 11.8 Å². The lowest BCUT2D eigenvalue weighted by Crippen LogP contribution is -2.10. The maximum absolute atomic E-state index is 13.0. The van der Waals surface area contributed by atoms with Crippen LogP contribution in [0.5, 0.6) is 0 Å². The number of halogens is 2. The molecule has 0 bridgehead atoms. The van der Waals surface area contributed by atoms with Crippen LogP contribution in [-0.4, -0.2) is 11.8 Å². The Bertz CT molecular complexity index is 1280. The smallest absolute Gasteiger partial charge is 0.248 e. The molecule has 2 N–H and O–H groups in total. The SMILES string of the molecule is O=C(/C=C/c1ccc(F)cc1)Nc1cccc2c(NC(=O)/C=C/c3ccc(F)cc3)cccc12. The molecule has 0 aromatic heterocycles. The van der Waals surface area contributed by atoms with E-state index in [1.165, 1.54) is 36.4 Å². The number of carbonyl (C=O) groups is 2. The number of anilines is 2. The highest BCUT2D eigenvalue weighted by Crippen LogP contribution is 2.29. The Morgan fingerprint density at radius 2 is 0.941 bits per heavy atom. The largest absolute Gasteiger partial charge is 0.322 e. The third-order valence-electron chi connectivity index (χ3n) is 5.03. The number of nitrogens with one attached hydrogen (secondary N) is 2. The summed E-state index contributed by atoms with van der Waals surface area (Å²) in [6.45, 7) is 0. The normalized spacial score (nSPS) is 11.2. The second-order valence-electron chi connectivity index (χ2n) is 7.45. The van der Waals surface area contributed by atoms with Gasteiger partial charge in [0.05, 0.1) is 0 Å². The number of amides is 2. The summed E-state index contributed by atoms with van der Waals surface area (Å²) in [5, 5.41) is 7.19. The van der Waals surface area contributed by atoms with Crippen molar-refractivity contribution in [2.45, 2.75) is 0 Å². The summed E-state index contributed by atoms with van der Waals surface area (Å²) >= 11 is 0. The van der Waals surface area contributed by atoms with E-state index in [0.717, 1.165) is 10.8 Å². The van der Waals surface area contributed by atoms with Crippen LogP contribution in [0.15, 0.2) is 97.1 Å². The van der Waals surface area contributed by atoms with E-state index in [1.807, 2.05) is 12.1 Å². The first kappa shape index (κ1) is 22.6. The van der Waals surface area contributed by atoms with Gasteiger partial charge in [-0.1, -0.05) is 48.5 Å². The predicted molar refractivity (Wildman–Crippen MR) is 132 cm³/mol. The van der Waals surface area contributed by atoms with Crippen molar-refractivity contribution in [3.63, 3.8) is 0 Å². The number of carbonyl (C=O) groups excluding carboxylic acids is 2. The summed E-state index contributed by atoms with van der Waals surface area (Å²) in [5.41, 5.74) is 2.58. The maximum Gasteiger partial charge on any atom is 0.248 e. The maximum atomic E-state index is 13.0. The fraction of sp³-hybridized carbons (Fsp3) is 0. The van der Waals surface area contributed by atoms with E-state index < -0.39 is 0 Å². The molecule has 0 aliphatic rings. The quantitative estimate of drug-likeness (QED) is 0.330. The monoisotopic (exact) mass is 454 g/mol. The van der Waals surface area contributed by atoms with Gasteiger partial charge in [0.15, 0.2) is 0 Å². The van der Waals surface area contributed by atoms with E-state index in [-0.39, 0.29) is 23.4 Å². The molecule has 4 aromatic carbocycles. The van der Waals surface area contributed by atoms with Crippen molar-refractivity contribution in [1.82, 2.24) is 0 Å². The van der Waals surface area contributed by atoms with Crippen LogP contribution in [0.3, 0.4) is 0 Å². The molecule has 4 rings (SSSR count). The van der Waals surface area contributed by atoms with Gasteiger partial charge in [0, 0.05) is 34.3 Å². The highest BCUT2D eigenvalue weighted by atomic mass is 19.1. The topological polar surface area (TPSA) is 58.2 Å². The van der Waals surface area contributed by atoms with Crippen LogP contribution in [0.2, 0.25) is 0 Å². The molecule has 0 saturated carbocycles. The Kier molecular flexibility index (Phi) is 6.89. The van der Waals surface area contributed by atoms with Gasteiger partial charge in [0.25, 0.3) is 0 Å². The lowest BCUT2D eigenvalue weighted by molar-refractivity contribution is -0.112. The van der Waals surface area contributed by atoms with Gasteiger partial charge in [-0.15, -0.1) is 0 Å². The average Bonchev–Trinajstić information content (AvgIpc) is 2.84. The summed E-state index contributed by atoms with van der Waals surface area (Å²) in [5.74, 6) is -1.36. The van der Waals surface area contributed by atoms with E-state index >= 15 is 0 Å². The van der Waals surface area contributed by atoms with Crippen LogP contribution in [0.4, 0.5) is 20.2 Å². The van der Waals surface area contributed by atoms with Crippen LogP contribution in [0.1, 0.15) is 11.1 Å². The molecule has 0 aliphatic heterocycles. The molecule has 2 amide bonds. The van der Waals surface area contributed by atoms with E-state index in [2.05, 4.69) is 10.6 Å². The molecule has 0 heterocycles. The third-order valence-corrected chi connectivity index (χ3v) is 5.03. The van der Waals surface area contributed by atoms with Crippen LogP contribution >= 0.6 is 0 Å². The molecule has 4 aromatic rings. The molecule has 0 aliphatic carbocycles. The molecular weight excluding hydrogens is 434 g/mol. The molecule has 0 fully saturated rings. The Morgan fingerprint density at radius 1 is 0.559 bits per heavy atom. The summed E-state index contributed by atoms with van der Waals surface area (Å²) in [7, 11) is 0. The molecule has 0 radical (unpaired) electrons. The van der Waals surface area contributed by atoms with Crippen molar-refractivity contribution in [2.75, 3.05) is 10.6 Å². The van der Waals surface area contributed by atoms with Crippen molar-refractivity contribution in [3.05, 3.63) is 120 Å². The van der Waals surface area contributed by atoms with Gasteiger partial charge in [0.1, 0.15) is 11.6 Å². The molecule has 4 nitrogen and oxygen atoms in total. The first-order valence-electron chi connectivity index (χ1n) is 10.5. The molecule has 168 valence electrons. The number of hydrogen-bond donors (Lipinski definition) is 2. The number of fused-ring (bicyclic) bond motifs is 1. The zero-order valence-corrected chi connectivity index (χ0v) is 18.0. The minimum absolute atomic E-state index is 0.339. The molecule has 0 unspecified atom stereocenters. The Hall–Kier alpha value is -4.58. The van der Waals surface area contributed by atoms with Gasteiger partial charge < -0.3 is 10.6 Å². The Morgan fingerprint density at radius 3 is 1.32 bits per heavy atom. The van der Waals surface area contributed by atoms with Crippen LogP contribution in [-0.2, 0) is 9.59 Å². The molecular formula is C28H20F2N2O2. The zero-order chi connectivity index (χ0) is 23.9. The summed E-state index contributed by atoms with van der Waals surface area (Å²) in [6.07, 6.45) is 5.94. The minimum Gasteiger partial charge on any atom is -0.322 e. The number of benzene rings is 4. The lowest BCUT2D eigenvalue weighted by atomic mass is 10.1. The number of rotatable bonds is 6. The second kappa shape index (κ2) is 10.4. The molecule has 6 heteroatoms. The lowest BCUT2D eigenvalue weighted by Gasteiger charge is -2.11. The fourth-order valence-electron chi connectivity index (χ4n) is 3.37. The van der Waals surface area contributed by atoms with Crippen LogP contribution in [0, 0.1) is 11.6 Å². The molecule has 0 saturated heterocycles. The van der Waals surface area contributed by atoms with Gasteiger partial charge in [-0.05, 0) is 59.7 Å². The number of hydrogen-bond acceptors (Lipinski definition) is 2. The fourth-order valence-corrected chi connectivity index (χ4v) is 3.37. The molecule has 0 spiro atoms. The Balaban J connectivity index is 1.49. The van der Waals surface area contributed by atoms with E-state index in [9.17, 15) is 18.4 Å². The summed E-state index contributed by atoms with van der Waals surface area (Å²) in [6, 6.07) is 22.4.